The van der Waals surface area contributed by atoms with Gasteiger partial charge in [0.25, 0.3) is 0 Å². The Kier molecular flexibility index (Phi) is 4.67. The second-order valence-corrected chi connectivity index (χ2v) is 6.75. The summed E-state index contributed by atoms with van der Waals surface area (Å²) in [5.41, 5.74) is 2.20. The van der Waals surface area contributed by atoms with Crippen molar-refractivity contribution in [1.29, 1.82) is 0 Å². The van der Waals surface area contributed by atoms with Crippen LogP contribution in [0.2, 0.25) is 0 Å². The van der Waals surface area contributed by atoms with Crippen LogP contribution in [0.25, 0.3) is 0 Å². The number of thioether (sulfide) groups is 1. The second-order valence-electron chi connectivity index (χ2n) is 5.50. The maximum absolute atomic E-state index is 12.2. The van der Waals surface area contributed by atoms with Crippen molar-refractivity contribution in [1.82, 2.24) is 10.2 Å². The summed E-state index contributed by atoms with van der Waals surface area (Å²) in [5.74, 6) is -0.125. The molecule has 3 amide bonds. The zero-order chi connectivity index (χ0) is 16.2. The Morgan fingerprint density at radius 1 is 1.17 bits per heavy atom. The summed E-state index contributed by atoms with van der Waals surface area (Å²) < 4.78 is 0. The molecule has 0 spiro atoms. The minimum absolute atomic E-state index is 0.124. The highest BCUT2D eigenvalue weighted by Crippen LogP contribution is 2.34. The number of benzene rings is 2. The van der Waals surface area contributed by atoms with Crippen LogP contribution in [0.1, 0.15) is 17.5 Å². The van der Waals surface area contributed by atoms with Gasteiger partial charge in [0.05, 0.1) is 6.42 Å². The first kappa shape index (κ1) is 15.6. The van der Waals surface area contributed by atoms with Gasteiger partial charge in [-0.1, -0.05) is 59.8 Å². The summed E-state index contributed by atoms with van der Waals surface area (Å²) in [6.07, 6.45) is 0.400. The van der Waals surface area contributed by atoms with Crippen LogP contribution in [0, 0.1) is 6.92 Å². The van der Waals surface area contributed by atoms with Crippen molar-refractivity contribution in [3.8, 4) is 0 Å². The van der Waals surface area contributed by atoms with Crippen LogP contribution in [0.15, 0.2) is 59.5 Å². The molecule has 1 fully saturated rings. The van der Waals surface area contributed by atoms with E-state index >= 15 is 0 Å². The number of likely N-dealkylation sites (tertiary alicyclic amines) is 1. The molecule has 0 saturated carbocycles. The van der Waals surface area contributed by atoms with E-state index in [1.807, 2.05) is 61.5 Å². The Balaban J connectivity index is 1.58. The summed E-state index contributed by atoms with van der Waals surface area (Å²) >= 11 is 1.55. The van der Waals surface area contributed by atoms with E-state index in [2.05, 4.69) is 5.32 Å². The maximum Gasteiger partial charge on any atom is 0.325 e. The highest BCUT2D eigenvalue weighted by atomic mass is 32.2. The monoisotopic (exact) mass is 326 g/mol. The Morgan fingerprint density at radius 2 is 1.87 bits per heavy atom. The number of β-lactam (4-membered cyclic amide) rings is 1. The van der Waals surface area contributed by atoms with Crippen molar-refractivity contribution in [2.24, 2.45) is 0 Å². The molecular weight excluding hydrogens is 308 g/mol. The van der Waals surface area contributed by atoms with Crippen LogP contribution < -0.4 is 5.32 Å². The zero-order valence-electron chi connectivity index (χ0n) is 12.9. The normalized spacial score (nSPS) is 16.8. The summed E-state index contributed by atoms with van der Waals surface area (Å²) in [6.45, 7) is 2.45. The molecule has 1 aliphatic rings. The van der Waals surface area contributed by atoms with Gasteiger partial charge in [0.15, 0.2) is 0 Å². The third-order valence-corrected chi connectivity index (χ3v) is 4.90. The molecule has 0 aliphatic carbocycles. The highest BCUT2D eigenvalue weighted by Gasteiger charge is 2.41. The average Bonchev–Trinajstić information content (AvgIpc) is 2.55. The van der Waals surface area contributed by atoms with Crippen molar-refractivity contribution >= 4 is 23.7 Å². The van der Waals surface area contributed by atoms with Crippen LogP contribution in [0.5, 0.6) is 0 Å². The molecule has 0 bridgehead atoms. The van der Waals surface area contributed by atoms with Crippen molar-refractivity contribution in [2.45, 2.75) is 30.2 Å². The van der Waals surface area contributed by atoms with Crippen molar-refractivity contribution in [3.05, 3.63) is 65.7 Å². The quantitative estimate of drug-likeness (QED) is 0.874. The predicted molar refractivity (Wildman–Crippen MR) is 91.0 cm³/mol. The Morgan fingerprint density at radius 3 is 2.52 bits per heavy atom. The van der Waals surface area contributed by atoms with Crippen molar-refractivity contribution in [2.75, 3.05) is 0 Å². The van der Waals surface area contributed by atoms with E-state index in [4.69, 9.17) is 0 Å². The van der Waals surface area contributed by atoms with Gasteiger partial charge in [0.2, 0.25) is 5.91 Å². The van der Waals surface area contributed by atoms with Crippen LogP contribution >= 0.6 is 11.8 Å². The van der Waals surface area contributed by atoms with Crippen LogP contribution in [-0.2, 0) is 11.3 Å². The first-order chi connectivity index (χ1) is 11.1. The molecule has 118 valence electrons. The molecule has 1 saturated heterocycles. The number of rotatable bonds is 4. The number of hydrogen-bond acceptors (Lipinski definition) is 3. The standard InChI is InChI=1S/C18H18N2O2S/c1-13-7-9-15(10-8-13)23-17-11-16(21)20(17)18(22)19-12-14-5-3-2-4-6-14/h2-10,17H,11-12H2,1H3,(H,19,22). The van der Waals surface area contributed by atoms with E-state index < -0.39 is 0 Å². The third kappa shape index (κ3) is 3.74. The van der Waals surface area contributed by atoms with Crippen molar-refractivity contribution in [3.63, 3.8) is 0 Å². The van der Waals surface area contributed by atoms with Crippen molar-refractivity contribution < 1.29 is 9.59 Å². The minimum Gasteiger partial charge on any atom is -0.334 e. The van der Waals surface area contributed by atoms with Gasteiger partial charge in [-0.2, -0.15) is 0 Å². The van der Waals surface area contributed by atoms with Gasteiger partial charge in [0.1, 0.15) is 5.37 Å². The van der Waals surface area contributed by atoms with Gasteiger partial charge < -0.3 is 5.32 Å². The number of aryl methyl sites for hydroxylation is 1. The lowest BCUT2D eigenvalue weighted by Crippen LogP contribution is -2.57. The Labute approximate surface area is 139 Å². The highest BCUT2D eigenvalue weighted by molar-refractivity contribution is 8.00. The number of urea groups is 1. The molecule has 0 aromatic heterocycles. The van der Waals surface area contributed by atoms with Gasteiger partial charge >= 0.3 is 6.03 Å². The summed E-state index contributed by atoms with van der Waals surface area (Å²) in [6, 6.07) is 17.4. The average molecular weight is 326 g/mol. The summed E-state index contributed by atoms with van der Waals surface area (Å²) in [4.78, 5) is 26.4. The van der Waals surface area contributed by atoms with E-state index in [-0.39, 0.29) is 17.3 Å². The second kappa shape index (κ2) is 6.87. The van der Waals surface area contributed by atoms with Gasteiger partial charge in [-0.3, -0.25) is 9.69 Å². The van der Waals surface area contributed by atoms with E-state index in [9.17, 15) is 9.59 Å². The molecule has 1 unspecified atom stereocenters. The molecule has 4 nitrogen and oxygen atoms in total. The fraction of sp³-hybridized carbons (Fsp3) is 0.222. The molecule has 5 heteroatoms. The largest absolute Gasteiger partial charge is 0.334 e. The number of carbonyl (C=O) groups excluding carboxylic acids is 2. The fourth-order valence-electron chi connectivity index (χ4n) is 2.36. The minimum atomic E-state index is -0.324. The maximum atomic E-state index is 12.2. The number of nitrogens with zero attached hydrogens (tertiary/aromatic N) is 1. The number of nitrogens with one attached hydrogen (secondary N) is 1. The molecule has 1 atom stereocenters. The number of hydrogen-bond donors (Lipinski definition) is 1. The fourth-order valence-corrected chi connectivity index (χ4v) is 3.51. The molecule has 1 N–H and O–H groups in total. The van der Waals surface area contributed by atoms with Crippen LogP contribution in [0.3, 0.4) is 0 Å². The molecule has 3 rings (SSSR count). The van der Waals surface area contributed by atoms with E-state index in [0.29, 0.717) is 13.0 Å². The SMILES string of the molecule is Cc1ccc(SC2CC(=O)N2C(=O)NCc2ccccc2)cc1. The van der Waals surface area contributed by atoms with Gasteiger partial charge in [-0.05, 0) is 24.6 Å². The van der Waals surface area contributed by atoms with E-state index in [1.54, 1.807) is 11.8 Å². The lowest BCUT2D eigenvalue weighted by molar-refractivity contribution is -0.137. The van der Waals surface area contributed by atoms with Crippen LogP contribution in [-0.4, -0.2) is 22.2 Å². The smallest absolute Gasteiger partial charge is 0.325 e. The van der Waals surface area contributed by atoms with Gasteiger partial charge in [-0.25, -0.2) is 4.79 Å². The third-order valence-electron chi connectivity index (χ3n) is 3.70. The molecular formula is C18H18N2O2S. The Bertz CT molecular complexity index is 701. The topological polar surface area (TPSA) is 49.4 Å². The number of imide groups is 1. The lowest BCUT2D eigenvalue weighted by Gasteiger charge is -2.37. The van der Waals surface area contributed by atoms with E-state index in [1.165, 1.54) is 10.5 Å². The summed E-state index contributed by atoms with van der Waals surface area (Å²) in [7, 11) is 0. The molecule has 23 heavy (non-hydrogen) atoms. The van der Waals surface area contributed by atoms with Gasteiger partial charge in [0, 0.05) is 11.4 Å². The molecule has 2 aromatic rings. The lowest BCUT2D eigenvalue weighted by atomic mass is 10.2. The molecule has 0 radical (unpaired) electrons. The molecule has 1 aliphatic heterocycles. The van der Waals surface area contributed by atoms with Crippen LogP contribution in [0.4, 0.5) is 4.79 Å². The Hall–Kier alpha value is -2.27. The predicted octanol–water partition coefficient (Wildman–Crippen LogP) is 3.56. The molecule has 2 aromatic carbocycles. The first-order valence-corrected chi connectivity index (χ1v) is 8.38. The first-order valence-electron chi connectivity index (χ1n) is 7.50. The van der Waals surface area contributed by atoms with Gasteiger partial charge in [-0.15, -0.1) is 0 Å². The number of amides is 3. The van der Waals surface area contributed by atoms with E-state index in [0.717, 1.165) is 10.5 Å². The molecule has 1 heterocycles. The summed E-state index contributed by atoms with van der Waals surface area (Å²) in [5, 5.41) is 2.68. The zero-order valence-corrected chi connectivity index (χ0v) is 13.7. The number of carbonyl (C=O) groups is 2.